The first-order valence-corrected chi connectivity index (χ1v) is 6.73. The van der Waals surface area contributed by atoms with Crippen LogP contribution in [0.15, 0.2) is 12.1 Å². The summed E-state index contributed by atoms with van der Waals surface area (Å²) in [5.41, 5.74) is 5.93. The molecule has 1 saturated heterocycles. The third-order valence-corrected chi connectivity index (χ3v) is 3.67. The van der Waals surface area contributed by atoms with Crippen molar-refractivity contribution in [2.45, 2.75) is 38.3 Å². The van der Waals surface area contributed by atoms with Crippen molar-refractivity contribution in [1.29, 1.82) is 0 Å². The lowest BCUT2D eigenvalue weighted by molar-refractivity contribution is 0.279. The first kappa shape index (κ1) is 14.2. The average molecular weight is 270 g/mol. The highest BCUT2D eigenvalue weighted by atomic mass is 19.1. The second kappa shape index (κ2) is 6.30. The Balaban J connectivity index is 2.25. The Bertz CT molecular complexity index is 416. The van der Waals surface area contributed by atoms with Gasteiger partial charge in [0, 0.05) is 25.7 Å². The lowest BCUT2D eigenvalue weighted by Crippen LogP contribution is -2.31. The average Bonchev–Trinajstić information content (AvgIpc) is 2.83. The van der Waals surface area contributed by atoms with Gasteiger partial charge in [-0.2, -0.15) is 0 Å². The summed E-state index contributed by atoms with van der Waals surface area (Å²) in [7, 11) is 0. The lowest BCUT2D eigenvalue weighted by atomic mass is 10.1. The van der Waals surface area contributed by atoms with Gasteiger partial charge in [-0.25, -0.2) is 8.78 Å². The maximum atomic E-state index is 14.1. The summed E-state index contributed by atoms with van der Waals surface area (Å²) in [5.74, 6) is -1.09. The summed E-state index contributed by atoms with van der Waals surface area (Å²) in [6.07, 6.45) is 3.25. The molecule has 3 N–H and O–H groups in total. The van der Waals surface area contributed by atoms with E-state index in [9.17, 15) is 8.78 Å². The van der Waals surface area contributed by atoms with E-state index in [0.717, 1.165) is 19.3 Å². The highest BCUT2D eigenvalue weighted by Gasteiger charge is 2.28. The Morgan fingerprint density at radius 2 is 2.00 bits per heavy atom. The van der Waals surface area contributed by atoms with Crippen LogP contribution in [0.2, 0.25) is 0 Å². The van der Waals surface area contributed by atoms with Gasteiger partial charge in [-0.05, 0) is 43.4 Å². The van der Waals surface area contributed by atoms with E-state index in [2.05, 4.69) is 0 Å². The summed E-state index contributed by atoms with van der Waals surface area (Å²) < 4.78 is 28.1. The van der Waals surface area contributed by atoms with E-state index in [1.807, 2.05) is 0 Å². The quantitative estimate of drug-likeness (QED) is 0.862. The van der Waals surface area contributed by atoms with Crippen molar-refractivity contribution < 1.29 is 13.9 Å². The molecule has 1 aliphatic rings. The molecule has 0 aromatic heterocycles. The third kappa shape index (κ3) is 3.04. The molecule has 3 nitrogen and oxygen atoms in total. The molecule has 0 radical (unpaired) electrons. The highest BCUT2D eigenvalue weighted by Crippen LogP contribution is 2.32. The van der Waals surface area contributed by atoms with Crippen molar-refractivity contribution in [2.24, 2.45) is 5.73 Å². The lowest BCUT2D eigenvalue weighted by Gasteiger charge is -2.27. The Labute approximate surface area is 112 Å². The van der Waals surface area contributed by atoms with E-state index in [-0.39, 0.29) is 24.9 Å². The van der Waals surface area contributed by atoms with Crippen molar-refractivity contribution in [3.63, 3.8) is 0 Å². The molecule has 0 amide bonds. The minimum atomic E-state index is -0.545. The number of rotatable bonds is 5. The molecule has 1 unspecified atom stereocenters. The Kier molecular flexibility index (Phi) is 4.71. The second-order valence-electron chi connectivity index (χ2n) is 4.97. The van der Waals surface area contributed by atoms with Crippen molar-refractivity contribution in [1.82, 2.24) is 0 Å². The van der Waals surface area contributed by atoms with Gasteiger partial charge in [-0.15, -0.1) is 0 Å². The number of nitrogens with two attached hydrogens (primary N) is 1. The molecule has 0 saturated carbocycles. The van der Waals surface area contributed by atoms with Crippen molar-refractivity contribution in [3.8, 4) is 0 Å². The van der Waals surface area contributed by atoms with Gasteiger partial charge in [-0.3, -0.25) is 0 Å². The zero-order chi connectivity index (χ0) is 13.8. The van der Waals surface area contributed by atoms with E-state index in [1.165, 1.54) is 12.1 Å². The number of benzene rings is 1. The maximum Gasteiger partial charge on any atom is 0.149 e. The minimum Gasteiger partial charge on any atom is -0.396 e. The van der Waals surface area contributed by atoms with Crippen LogP contribution in [-0.4, -0.2) is 24.3 Å². The van der Waals surface area contributed by atoms with Crippen LogP contribution >= 0.6 is 0 Å². The monoisotopic (exact) mass is 270 g/mol. The van der Waals surface area contributed by atoms with Crippen LogP contribution in [0.1, 0.15) is 31.2 Å². The molecular formula is C14H20F2N2O. The first-order chi connectivity index (χ1) is 9.17. The summed E-state index contributed by atoms with van der Waals surface area (Å²) in [4.78, 5) is 1.79. The molecule has 0 aliphatic carbocycles. The molecule has 19 heavy (non-hydrogen) atoms. The standard InChI is InChI=1S/C14H20F2N2O/c15-12-7-10(9-17)8-13(16)14(12)18-5-1-3-11(18)4-2-6-19/h7-8,11,19H,1-6,9,17H2. The zero-order valence-corrected chi connectivity index (χ0v) is 10.9. The predicted octanol–water partition coefficient (Wildman–Crippen LogP) is 2.16. The highest BCUT2D eigenvalue weighted by molar-refractivity contribution is 5.52. The Morgan fingerprint density at radius 1 is 1.32 bits per heavy atom. The van der Waals surface area contributed by atoms with E-state index < -0.39 is 11.6 Å². The van der Waals surface area contributed by atoms with E-state index in [1.54, 1.807) is 4.90 Å². The topological polar surface area (TPSA) is 49.5 Å². The number of anilines is 1. The fourth-order valence-electron chi connectivity index (χ4n) is 2.77. The molecule has 1 aromatic carbocycles. The van der Waals surface area contributed by atoms with E-state index in [4.69, 9.17) is 10.8 Å². The fourth-order valence-corrected chi connectivity index (χ4v) is 2.77. The summed E-state index contributed by atoms with van der Waals surface area (Å²) in [6, 6.07) is 2.72. The maximum absolute atomic E-state index is 14.1. The third-order valence-electron chi connectivity index (χ3n) is 3.67. The Hall–Kier alpha value is -1.20. The number of halogens is 2. The van der Waals surface area contributed by atoms with Gasteiger partial charge in [0.2, 0.25) is 0 Å². The van der Waals surface area contributed by atoms with Gasteiger partial charge in [0.25, 0.3) is 0 Å². The van der Waals surface area contributed by atoms with Crippen LogP contribution in [0.5, 0.6) is 0 Å². The SMILES string of the molecule is NCc1cc(F)c(N2CCCC2CCCO)c(F)c1. The smallest absolute Gasteiger partial charge is 0.149 e. The van der Waals surface area contributed by atoms with Crippen LogP contribution in [0.4, 0.5) is 14.5 Å². The van der Waals surface area contributed by atoms with Crippen LogP contribution < -0.4 is 10.6 Å². The van der Waals surface area contributed by atoms with Crippen LogP contribution in [0.25, 0.3) is 0 Å². The molecule has 5 heteroatoms. The summed E-state index contributed by atoms with van der Waals surface area (Å²) in [5, 5.41) is 8.88. The van der Waals surface area contributed by atoms with Gasteiger partial charge in [0.1, 0.15) is 17.3 Å². The largest absolute Gasteiger partial charge is 0.396 e. The van der Waals surface area contributed by atoms with Gasteiger partial charge < -0.3 is 15.7 Å². The number of hydrogen-bond donors (Lipinski definition) is 2. The summed E-state index contributed by atoms with van der Waals surface area (Å²) >= 11 is 0. The molecule has 106 valence electrons. The van der Waals surface area contributed by atoms with Gasteiger partial charge in [-0.1, -0.05) is 0 Å². The second-order valence-corrected chi connectivity index (χ2v) is 4.97. The van der Waals surface area contributed by atoms with Gasteiger partial charge in [0.15, 0.2) is 0 Å². The zero-order valence-electron chi connectivity index (χ0n) is 10.9. The van der Waals surface area contributed by atoms with Crippen LogP contribution in [0, 0.1) is 11.6 Å². The number of nitrogens with zero attached hydrogens (tertiary/aromatic N) is 1. The van der Waals surface area contributed by atoms with E-state index in [0.29, 0.717) is 18.5 Å². The van der Waals surface area contributed by atoms with Gasteiger partial charge >= 0.3 is 0 Å². The summed E-state index contributed by atoms with van der Waals surface area (Å²) in [6.45, 7) is 0.898. The van der Waals surface area contributed by atoms with Crippen LogP contribution in [-0.2, 0) is 6.54 Å². The molecule has 1 heterocycles. The number of hydrogen-bond acceptors (Lipinski definition) is 3. The normalized spacial score (nSPS) is 19.2. The van der Waals surface area contributed by atoms with Crippen LogP contribution in [0.3, 0.4) is 0 Å². The first-order valence-electron chi connectivity index (χ1n) is 6.73. The molecule has 0 bridgehead atoms. The predicted molar refractivity (Wildman–Crippen MR) is 70.9 cm³/mol. The minimum absolute atomic E-state index is 0.0534. The molecule has 1 aromatic rings. The van der Waals surface area contributed by atoms with Crippen molar-refractivity contribution in [2.75, 3.05) is 18.1 Å². The number of aliphatic hydroxyl groups excluding tert-OH is 1. The molecule has 1 fully saturated rings. The Morgan fingerprint density at radius 3 is 2.58 bits per heavy atom. The fraction of sp³-hybridized carbons (Fsp3) is 0.571. The van der Waals surface area contributed by atoms with Crippen molar-refractivity contribution >= 4 is 5.69 Å². The molecule has 0 spiro atoms. The van der Waals surface area contributed by atoms with Gasteiger partial charge in [0.05, 0.1) is 0 Å². The number of aliphatic hydroxyl groups is 1. The molecular weight excluding hydrogens is 250 g/mol. The molecule has 1 aliphatic heterocycles. The van der Waals surface area contributed by atoms with E-state index >= 15 is 0 Å². The molecule has 2 rings (SSSR count). The molecule has 1 atom stereocenters. The van der Waals surface area contributed by atoms with Crippen molar-refractivity contribution in [3.05, 3.63) is 29.3 Å².